The number of aliphatic carboxylic acids is 2. The van der Waals surface area contributed by atoms with E-state index < -0.39 is 22.0 Å². The number of hydrogen-bond acceptors (Lipinski definition) is 6. The maximum Gasteiger partial charge on any atom is 0.414 e. The molecule has 1 aromatic rings. The van der Waals surface area contributed by atoms with E-state index >= 15 is 0 Å². The molecule has 1 amide bonds. The van der Waals surface area contributed by atoms with Crippen LogP contribution in [0.4, 0.5) is 0 Å². The Labute approximate surface area is 144 Å². The van der Waals surface area contributed by atoms with E-state index in [2.05, 4.69) is 4.98 Å². The summed E-state index contributed by atoms with van der Waals surface area (Å²) in [4.78, 5) is 35.9. The van der Waals surface area contributed by atoms with Gasteiger partial charge in [-0.1, -0.05) is 0 Å². The summed E-state index contributed by atoms with van der Waals surface area (Å²) < 4.78 is 24.9. The van der Waals surface area contributed by atoms with E-state index in [4.69, 9.17) is 19.8 Å². The molecule has 11 heteroatoms. The number of amides is 1. The van der Waals surface area contributed by atoms with Crippen LogP contribution in [0.15, 0.2) is 24.5 Å². The molecule has 0 radical (unpaired) electrons. The average Bonchev–Trinajstić information content (AvgIpc) is 2.62. The van der Waals surface area contributed by atoms with Gasteiger partial charge >= 0.3 is 11.9 Å². The molecule has 1 aliphatic heterocycles. The number of pyridine rings is 1. The lowest BCUT2D eigenvalue weighted by Gasteiger charge is -2.33. The molecule has 2 heterocycles. The van der Waals surface area contributed by atoms with Crippen LogP contribution in [-0.2, 0) is 19.6 Å². The highest BCUT2D eigenvalue weighted by Gasteiger charge is 2.27. The largest absolute Gasteiger partial charge is 0.473 e. The van der Waals surface area contributed by atoms with Gasteiger partial charge in [0, 0.05) is 38.6 Å². The Bertz CT molecular complexity index is 701. The molecule has 0 bridgehead atoms. The molecule has 1 aromatic heterocycles. The third-order valence-corrected chi connectivity index (χ3v) is 5.26. The number of rotatable bonds is 3. The van der Waals surface area contributed by atoms with Gasteiger partial charge in [-0.3, -0.25) is 9.78 Å². The lowest BCUT2D eigenvalue weighted by molar-refractivity contribution is -0.159. The van der Waals surface area contributed by atoms with Gasteiger partial charge in [0.15, 0.2) is 0 Å². The van der Waals surface area contributed by atoms with Gasteiger partial charge in [-0.15, -0.1) is 0 Å². The summed E-state index contributed by atoms with van der Waals surface area (Å²) in [6, 6.07) is 3.43. The fraction of sp³-hybridized carbons (Fsp3) is 0.429. The summed E-state index contributed by atoms with van der Waals surface area (Å²) in [6.45, 7) is 3.20. The van der Waals surface area contributed by atoms with Gasteiger partial charge in [0.05, 0.1) is 11.3 Å². The minimum Gasteiger partial charge on any atom is -0.473 e. The van der Waals surface area contributed by atoms with E-state index in [1.165, 1.54) is 10.5 Å². The second-order valence-electron chi connectivity index (χ2n) is 4.94. The highest BCUT2D eigenvalue weighted by molar-refractivity contribution is 7.89. The Morgan fingerprint density at radius 2 is 1.68 bits per heavy atom. The van der Waals surface area contributed by atoms with Crippen molar-refractivity contribution in [1.29, 1.82) is 0 Å². The molecule has 25 heavy (non-hydrogen) atoms. The third kappa shape index (κ3) is 6.12. The van der Waals surface area contributed by atoms with Crippen molar-refractivity contribution in [2.24, 2.45) is 0 Å². The van der Waals surface area contributed by atoms with Crippen LogP contribution in [-0.4, -0.2) is 82.6 Å². The number of hydrogen-bond donors (Lipinski definition) is 2. The number of sulfonamides is 1. The molecular weight excluding hydrogens is 354 g/mol. The maximum absolute atomic E-state index is 12.1. The predicted octanol–water partition coefficient (Wildman–Crippen LogP) is -0.655. The Kier molecular flexibility index (Phi) is 7.45. The fourth-order valence-corrected chi connectivity index (χ4v) is 3.11. The molecule has 0 unspecified atom stereocenters. The Morgan fingerprint density at radius 1 is 1.12 bits per heavy atom. The molecule has 0 aliphatic carbocycles. The summed E-state index contributed by atoms with van der Waals surface area (Å²) in [6.07, 6.45) is 3.14. The molecule has 0 atom stereocenters. The second-order valence-corrected chi connectivity index (χ2v) is 7.20. The van der Waals surface area contributed by atoms with Crippen LogP contribution in [0.5, 0.6) is 0 Å². The number of carbonyl (C=O) groups is 3. The van der Waals surface area contributed by atoms with Crippen molar-refractivity contribution in [1.82, 2.24) is 14.2 Å². The lowest BCUT2D eigenvalue weighted by atomic mass is 10.2. The summed E-state index contributed by atoms with van der Waals surface area (Å²) in [5, 5.41) is 14.8. The lowest BCUT2D eigenvalue weighted by Crippen LogP contribution is -2.50. The first kappa shape index (κ1) is 20.5. The third-order valence-electron chi connectivity index (χ3n) is 3.38. The first-order valence-electron chi connectivity index (χ1n) is 7.32. The number of carboxylic acid groups (broad SMARTS) is 2. The van der Waals surface area contributed by atoms with Crippen molar-refractivity contribution >= 4 is 27.9 Å². The van der Waals surface area contributed by atoms with E-state index in [0.29, 0.717) is 31.7 Å². The summed E-state index contributed by atoms with van der Waals surface area (Å²) in [5.74, 6) is -3.64. The standard InChI is InChI=1S/C12H17N3O3S.C2H2O4/c1-2-19(17,18)15-8-6-14(7-9-15)12(16)11-4-3-5-13-10-11;3-1(4)2(5)6/h3-5,10H,2,6-9H2,1H3;(H,3,4)(H,5,6). The maximum atomic E-state index is 12.1. The van der Waals surface area contributed by atoms with Gasteiger partial charge in [-0.2, -0.15) is 4.31 Å². The number of nitrogens with zero attached hydrogens (tertiary/aromatic N) is 3. The number of carbonyl (C=O) groups excluding carboxylic acids is 1. The molecular formula is C14H19N3O7S. The fourth-order valence-electron chi connectivity index (χ4n) is 2.02. The second kappa shape index (κ2) is 9.08. The molecule has 1 aliphatic rings. The molecule has 2 N–H and O–H groups in total. The number of piperazine rings is 1. The van der Waals surface area contributed by atoms with Crippen molar-refractivity contribution in [3.05, 3.63) is 30.1 Å². The smallest absolute Gasteiger partial charge is 0.414 e. The summed E-state index contributed by atoms with van der Waals surface area (Å²) in [7, 11) is -3.15. The molecule has 1 saturated heterocycles. The molecule has 1 fully saturated rings. The summed E-state index contributed by atoms with van der Waals surface area (Å²) >= 11 is 0. The molecule has 2 rings (SSSR count). The van der Waals surface area contributed by atoms with Crippen LogP contribution in [0, 0.1) is 0 Å². The SMILES string of the molecule is CCS(=O)(=O)N1CCN(C(=O)c2cccnc2)CC1.O=C(O)C(=O)O. The Hall–Kier alpha value is -2.53. The predicted molar refractivity (Wildman–Crippen MR) is 86.4 cm³/mol. The van der Waals surface area contributed by atoms with Crippen LogP contribution in [0.2, 0.25) is 0 Å². The molecule has 0 aromatic carbocycles. The zero-order chi connectivity index (χ0) is 19.0. The van der Waals surface area contributed by atoms with Crippen LogP contribution < -0.4 is 0 Å². The molecule has 138 valence electrons. The van der Waals surface area contributed by atoms with E-state index in [-0.39, 0.29) is 11.7 Å². The first-order valence-corrected chi connectivity index (χ1v) is 8.93. The van der Waals surface area contributed by atoms with Crippen molar-refractivity contribution in [2.45, 2.75) is 6.92 Å². The minimum absolute atomic E-state index is 0.0957. The molecule has 0 spiro atoms. The quantitative estimate of drug-likeness (QED) is 0.665. The van der Waals surface area contributed by atoms with E-state index in [0.717, 1.165) is 0 Å². The number of aromatic nitrogens is 1. The van der Waals surface area contributed by atoms with Gasteiger partial charge in [0.2, 0.25) is 10.0 Å². The van der Waals surface area contributed by atoms with Gasteiger partial charge in [-0.05, 0) is 19.1 Å². The van der Waals surface area contributed by atoms with Crippen molar-refractivity contribution in [3.63, 3.8) is 0 Å². The topological polar surface area (TPSA) is 145 Å². The number of carboxylic acids is 2. The van der Waals surface area contributed by atoms with E-state index in [1.807, 2.05) is 0 Å². The van der Waals surface area contributed by atoms with Crippen molar-refractivity contribution in [2.75, 3.05) is 31.9 Å². The average molecular weight is 373 g/mol. The highest BCUT2D eigenvalue weighted by Crippen LogP contribution is 2.11. The van der Waals surface area contributed by atoms with Gasteiger partial charge in [0.25, 0.3) is 5.91 Å². The highest BCUT2D eigenvalue weighted by atomic mass is 32.2. The monoisotopic (exact) mass is 373 g/mol. The minimum atomic E-state index is -3.15. The van der Waals surface area contributed by atoms with Crippen LogP contribution in [0.25, 0.3) is 0 Å². The zero-order valence-electron chi connectivity index (χ0n) is 13.5. The van der Waals surface area contributed by atoms with Gasteiger partial charge in [-0.25, -0.2) is 18.0 Å². The Morgan fingerprint density at radius 3 is 2.08 bits per heavy atom. The van der Waals surface area contributed by atoms with Crippen molar-refractivity contribution in [3.8, 4) is 0 Å². The van der Waals surface area contributed by atoms with E-state index in [1.54, 1.807) is 30.2 Å². The van der Waals surface area contributed by atoms with Crippen LogP contribution in [0.3, 0.4) is 0 Å². The first-order chi connectivity index (χ1) is 11.7. The van der Waals surface area contributed by atoms with E-state index in [9.17, 15) is 13.2 Å². The zero-order valence-corrected chi connectivity index (χ0v) is 14.3. The molecule has 10 nitrogen and oxygen atoms in total. The van der Waals surface area contributed by atoms with Crippen LogP contribution >= 0.6 is 0 Å². The van der Waals surface area contributed by atoms with Gasteiger partial charge in [0.1, 0.15) is 0 Å². The van der Waals surface area contributed by atoms with Crippen molar-refractivity contribution < 1.29 is 33.0 Å². The Balaban J connectivity index is 0.000000450. The molecule has 0 saturated carbocycles. The normalized spacial score (nSPS) is 15.0. The van der Waals surface area contributed by atoms with Crippen LogP contribution in [0.1, 0.15) is 17.3 Å². The van der Waals surface area contributed by atoms with Gasteiger partial charge < -0.3 is 15.1 Å². The summed E-state index contributed by atoms with van der Waals surface area (Å²) in [5.41, 5.74) is 0.536.